The van der Waals surface area contributed by atoms with Gasteiger partial charge in [-0.15, -0.1) is 0 Å². The van der Waals surface area contributed by atoms with Crippen LogP contribution < -0.4 is 20.6 Å². The Hall–Kier alpha value is -2.89. The molecule has 0 amide bonds. The zero-order valence-corrected chi connectivity index (χ0v) is 10.4. The van der Waals surface area contributed by atoms with Crippen LogP contribution >= 0.6 is 0 Å². The lowest BCUT2D eigenvalue weighted by atomic mass is 10.3. The van der Waals surface area contributed by atoms with Gasteiger partial charge in [-0.1, -0.05) is 6.07 Å². The molecular formula is C11H11F2N5O2. The molecule has 0 saturated carbocycles. The van der Waals surface area contributed by atoms with Crippen molar-refractivity contribution in [2.24, 2.45) is 10.8 Å². The fourth-order valence-corrected chi connectivity index (χ4v) is 1.24. The van der Waals surface area contributed by atoms with Crippen molar-refractivity contribution < 1.29 is 18.3 Å². The molecule has 0 aliphatic heterocycles. The summed E-state index contributed by atoms with van der Waals surface area (Å²) in [6.07, 6.45) is 0. The Kier molecular flexibility index (Phi) is 5.22. The third-order valence-electron chi connectivity index (χ3n) is 2.05. The number of alkyl halides is 2. The number of benzene rings is 1. The minimum atomic E-state index is -3.06. The number of amidine groups is 1. The van der Waals surface area contributed by atoms with Crippen molar-refractivity contribution in [3.63, 3.8) is 0 Å². The van der Waals surface area contributed by atoms with Gasteiger partial charge in [-0.3, -0.25) is 10.8 Å². The predicted molar refractivity (Wildman–Crippen MR) is 68.2 cm³/mol. The molecule has 0 atom stereocenters. The van der Waals surface area contributed by atoms with Crippen LogP contribution in [0.25, 0.3) is 0 Å². The number of hydrogen-bond acceptors (Lipinski definition) is 6. The van der Waals surface area contributed by atoms with E-state index in [0.717, 1.165) is 0 Å². The van der Waals surface area contributed by atoms with Crippen molar-refractivity contribution in [3.8, 4) is 17.6 Å². The summed E-state index contributed by atoms with van der Waals surface area (Å²) in [5, 5.41) is 19.3. The van der Waals surface area contributed by atoms with Crippen molar-refractivity contribution in [3.05, 3.63) is 18.2 Å². The summed E-state index contributed by atoms with van der Waals surface area (Å²) < 4.78 is 33.9. The number of hydrazone groups is 1. The summed E-state index contributed by atoms with van der Waals surface area (Å²) in [4.78, 5) is 0. The molecular weight excluding hydrogens is 272 g/mol. The molecule has 7 nitrogen and oxygen atoms in total. The summed E-state index contributed by atoms with van der Waals surface area (Å²) in [5.74, 6) is -0.763. The first-order valence-electron chi connectivity index (χ1n) is 5.19. The largest absolute Gasteiger partial charge is 0.493 e. The fraction of sp³-hybridized carbons (Fsp3) is 0.182. The van der Waals surface area contributed by atoms with E-state index < -0.39 is 18.2 Å². The molecule has 1 rings (SSSR count). The molecule has 0 aromatic heterocycles. The van der Waals surface area contributed by atoms with E-state index in [0.29, 0.717) is 0 Å². The second-order valence-electron chi connectivity index (χ2n) is 3.31. The van der Waals surface area contributed by atoms with Gasteiger partial charge in [0.05, 0.1) is 7.11 Å². The molecule has 0 heterocycles. The van der Waals surface area contributed by atoms with Gasteiger partial charge in [0.2, 0.25) is 5.71 Å². The van der Waals surface area contributed by atoms with Crippen molar-refractivity contribution >= 4 is 17.2 Å². The van der Waals surface area contributed by atoms with Crippen LogP contribution in [0, 0.1) is 16.7 Å². The predicted octanol–water partition coefficient (Wildman–Crippen LogP) is 1.52. The average Bonchev–Trinajstić information content (AvgIpc) is 2.39. The van der Waals surface area contributed by atoms with Gasteiger partial charge in [0, 0.05) is 0 Å². The molecule has 4 N–H and O–H groups in total. The minimum Gasteiger partial charge on any atom is -0.493 e. The fourth-order valence-electron chi connectivity index (χ4n) is 1.24. The lowest BCUT2D eigenvalue weighted by Gasteiger charge is -2.13. The highest BCUT2D eigenvalue weighted by atomic mass is 19.3. The molecule has 106 valence electrons. The first-order valence-corrected chi connectivity index (χ1v) is 5.19. The number of anilines is 1. The van der Waals surface area contributed by atoms with Gasteiger partial charge < -0.3 is 15.2 Å². The monoisotopic (exact) mass is 283 g/mol. The quantitative estimate of drug-likeness (QED) is 0.416. The Morgan fingerprint density at radius 1 is 1.55 bits per heavy atom. The number of methoxy groups -OCH3 is 1. The molecule has 9 heteroatoms. The first kappa shape index (κ1) is 15.2. The van der Waals surface area contributed by atoms with Crippen molar-refractivity contribution in [2.75, 3.05) is 12.5 Å². The standard InChI is InChI=1S/C11H11F2N5O2/c1-19-8-4-2-3-6(9(8)20-11(12)13)17-18-7(5-14)10(15)16/h2-4,11,17H,1H3,(H3,15,16)/b18-7+. The number of nitrogens with one attached hydrogen (secondary N) is 2. The molecule has 1 aromatic carbocycles. The van der Waals surface area contributed by atoms with Gasteiger partial charge >= 0.3 is 6.61 Å². The van der Waals surface area contributed by atoms with Crippen LogP contribution in [0.15, 0.2) is 23.3 Å². The number of halogens is 2. The highest BCUT2D eigenvalue weighted by Gasteiger charge is 2.15. The minimum absolute atomic E-state index is 0.0404. The van der Waals surface area contributed by atoms with Crippen LogP contribution in [0.1, 0.15) is 0 Å². The summed E-state index contributed by atoms with van der Waals surface area (Å²) in [6.45, 7) is -3.06. The lowest BCUT2D eigenvalue weighted by Crippen LogP contribution is -2.22. The van der Waals surface area contributed by atoms with Crippen molar-refractivity contribution in [2.45, 2.75) is 6.61 Å². The molecule has 0 aliphatic rings. The maximum atomic E-state index is 12.4. The highest BCUT2D eigenvalue weighted by Crippen LogP contribution is 2.36. The van der Waals surface area contributed by atoms with Crippen LogP contribution in [0.5, 0.6) is 11.5 Å². The number of rotatable bonds is 6. The van der Waals surface area contributed by atoms with Gasteiger partial charge in [-0.25, -0.2) is 0 Å². The molecule has 0 saturated heterocycles. The number of ether oxygens (including phenoxy) is 2. The van der Waals surface area contributed by atoms with E-state index in [4.69, 9.17) is 21.1 Å². The van der Waals surface area contributed by atoms with E-state index in [1.165, 1.54) is 25.3 Å². The van der Waals surface area contributed by atoms with E-state index in [9.17, 15) is 8.78 Å². The number of nitriles is 1. The molecule has 0 aliphatic carbocycles. The second-order valence-corrected chi connectivity index (χ2v) is 3.31. The van der Waals surface area contributed by atoms with E-state index in [2.05, 4.69) is 15.3 Å². The molecule has 20 heavy (non-hydrogen) atoms. The van der Waals surface area contributed by atoms with E-state index >= 15 is 0 Å². The Labute approximate surface area is 113 Å². The zero-order valence-electron chi connectivity index (χ0n) is 10.4. The maximum Gasteiger partial charge on any atom is 0.387 e. The van der Waals surface area contributed by atoms with Crippen LogP contribution in [0.4, 0.5) is 14.5 Å². The number of para-hydroxylation sites is 1. The third-order valence-corrected chi connectivity index (χ3v) is 2.05. The first-order chi connectivity index (χ1) is 9.49. The van der Waals surface area contributed by atoms with Crippen LogP contribution in [0.3, 0.4) is 0 Å². The van der Waals surface area contributed by atoms with Crippen LogP contribution in [0.2, 0.25) is 0 Å². The van der Waals surface area contributed by atoms with Gasteiger partial charge in [-0.2, -0.15) is 19.1 Å². The van der Waals surface area contributed by atoms with Crippen LogP contribution in [-0.4, -0.2) is 25.3 Å². The van der Waals surface area contributed by atoms with Gasteiger partial charge in [0.25, 0.3) is 0 Å². The summed E-state index contributed by atoms with van der Waals surface area (Å²) in [6, 6.07) is 5.89. The SMILES string of the molecule is COc1cccc(N/N=C(\C#N)C(=N)N)c1OC(F)F. The topological polar surface area (TPSA) is 117 Å². The number of hydrogen-bond donors (Lipinski definition) is 3. The molecule has 0 bridgehead atoms. The molecule has 0 radical (unpaired) electrons. The van der Waals surface area contributed by atoms with Crippen LogP contribution in [-0.2, 0) is 0 Å². The Balaban J connectivity index is 3.12. The average molecular weight is 283 g/mol. The van der Waals surface area contributed by atoms with E-state index in [-0.39, 0.29) is 17.2 Å². The number of nitrogens with zero attached hydrogens (tertiary/aromatic N) is 2. The highest BCUT2D eigenvalue weighted by molar-refractivity contribution is 6.45. The van der Waals surface area contributed by atoms with Crippen molar-refractivity contribution in [1.82, 2.24) is 0 Å². The molecule has 0 spiro atoms. The molecule has 1 aromatic rings. The Morgan fingerprint density at radius 2 is 2.25 bits per heavy atom. The van der Waals surface area contributed by atoms with Gasteiger partial charge in [-0.05, 0) is 12.1 Å². The zero-order chi connectivity index (χ0) is 15.1. The van der Waals surface area contributed by atoms with Crippen molar-refractivity contribution in [1.29, 1.82) is 10.7 Å². The van der Waals surface area contributed by atoms with Gasteiger partial charge in [0.1, 0.15) is 11.8 Å². The summed E-state index contributed by atoms with van der Waals surface area (Å²) in [5.41, 5.74) is 7.08. The molecule has 0 unspecified atom stereocenters. The maximum absolute atomic E-state index is 12.4. The Morgan fingerprint density at radius 3 is 2.75 bits per heavy atom. The second kappa shape index (κ2) is 6.89. The number of nitrogens with two attached hydrogens (primary N) is 1. The molecule has 0 fully saturated rings. The smallest absolute Gasteiger partial charge is 0.387 e. The lowest BCUT2D eigenvalue weighted by molar-refractivity contribution is -0.0507. The summed E-state index contributed by atoms with van der Waals surface area (Å²) in [7, 11) is 1.29. The third kappa shape index (κ3) is 3.81. The summed E-state index contributed by atoms with van der Waals surface area (Å²) >= 11 is 0. The van der Waals surface area contributed by atoms with Gasteiger partial charge in [0.15, 0.2) is 17.3 Å². The normalized spacial score (nSPS) is 10.8. The van der Waals surface area contributed by atoms with E-state index in [1.54, 1.807) is 6.07 Å². The van der Waals surface area contributed by atoms with E-state index in [1.807, 2.05) is 0 Å². The Bertz CT molecular complexity index is 568.